The summed E-state index contributed by atoms with van der Waals surface area (Å²) in [7, 11) is 1.37. The Kier molecular flexibility index (Phi) is 4.22. The van der Waals surface area contributed by atoms with E-state index in [0.717, 1.165) is 19.3 Å². The summed E-state index contributed by atoms with van der Waals surface area (Å²) in [5.74, 6) is -0.204. The molecule has 5 heteroatoms. The first-order chi connectivity index (χ1) is 6.72. The van der Waals surface area contributed by atoms with E-state index in [1.165, 1.54) is 7.11 Å². The van der Waals surface area contributed by atoms with Crippen LogP contribution in [0.3, 0.4) is 0 Å². The van der Waals surface area contributed by atoms with E-state index in [4.69, 9.17) is 4.74 Å². The predicted molar refractivity (Wildman–Crippen MR) is 46.7 cm³/mol. The van der Waals surface area contributed by atoms with Gasteiger partial charge >= 0.3 is 12.1 Å². The molecular formula is C9H14O5. The number of cyclic esters (lactones) is 2. The van der Waals surface area contributed by atoms with Crippen LogP contribution in [0.2, 0.25) is 0 Å². The normalized spacial score (nSPS) is 20.1. The van der Waals surface area contributed by atoms with Crippen LogP contribution in [-0.4, -0.2) is 31.9 Å². The van der Waals surface area contributed by atoms with Gasteiger partial charge in [-0.1, -0.05) is 0 Å². The lowest BCUT2D eigenvalue weighted by atomic mass is 10.1. The van der Waals surface area contributed by atoms with Gasteiger partial charge in [-0.3, -0.25) is 4.79 Å². The van der Waals surface area contributed by atoms with Gasteiger partial charge in [-0.2, -0.15) is 0 Å². The first-order valence-electron chi connectivity index (χ1n) is 4.62. The lowest BCUT2D eigenvalue weighted by Crippen LogP contribution is -2.09. The maximum atomic E-state index is 10.7. The molecule has 1 aliphatic rings. The molecule has 14 heavy (non-hydrogen) atoms. The Labute approximate surface area is 82.3 Å². The summed E-state index contributed by atoms with van der Waals surface area (Å²) in [5.41, 5.74) is 0. The Bertz CT molecular complexity index is 213. The molecule has 1 atom stereocenters. The van der Waals surface area contributed by atoms with E-state index in [9.17, 15) is 9.59 Å². The number of unbranched alkanes of at least 4 members (excludes halogenated alkanes) is 1. The van der Waals surface area contributed by atoms with Gasteiger partial charge < -0.3 is 14.2 Å². The Hall–Kier alpha value is -1.26. The largest absolute Gasteiger partial charge is 0.508 e. The summed E-state index contributed by atoms with van der Waals surface area (Å²) in [6, 6.07) is 0. The standard InChI is InChI=1S/C9H14O5/c1-12-8(10)5-3-2-4-7-6-13-9(11)14-7/h7H,2-6H2,1H3. The number of hydrogen-bond donors (Lipinski definition) is 0. The van der Waals surface area contributed by atoms with Crippen molar-refractivity contribution in [2.45, 2.75) is 31.8 Å². The van der Waals surface area contributed by atoms with Crippen LogP contribution in [0.25, 0.3) is 0 Å². The highest BCUT2D eigenvalue weighted by Gasteiger charge is 2.24. The van der Waals surface area contributed by atoms with Crippen LogP contribution in [0, 0.1) is 0 Å². The van der Waals surface area contributed by atoms with Crippen LogP contribution in [0.4, 0.5) is 4.79 Å². The molecule has 0 saturated carbocycles. The van der Waals surface area contributed by atoms with Gasteiger partial charge in [-0.25, -0.2) is 4.79 Å². The first-order valence-corrected chi connectivity index (χ1v) is 4.62. The number of methoxy groups -OCH3 is 1. The van der Waals surface area contributed by atoms with Crippen molar-refractivity contribution < 1.29 is 23.8 Å². The quantitative estimate of drug-likeness (QED) is 0.496. The minimum atomic E-state index is -0.594. The number of esters is 1. The van der Waals surface area contributed by atoms with E-state index in [0.29, 0.717) is 13.0 Å². The summed E-state index contributed by atoms with van der Waals surface area (Å²) in [5, 5.41) is 0. The van der Waals surface area contributed by atoms with Crippen molar-refractivity contribution >= 4 is 12.1 Å². The van der Waals surface area contributed by atoms with Crippen molar-refractivity contribution in [1.29, 1.82) is 0 Å². The summed E-state index contributed by atoms with van der Waals surface area (Å²) < 4.78 is 13.9. The van der Waals surface area contributed by atoms with Crippen LogP contribution in [0.1, 0.15) is 25.7 Å². The number of carbonyl (C=O) groups excluding carboxylic acids is 2. The number of hydrogen-bond acceptors (Lipinski definition) is 5. The molecule has 0 bridgehead atoms. The average molecular weight is 202 g/mol. The minimum absolute atomic E-state index is 0.139. The fraction of sp³-hybridized carbons (Fsp3) is 0.778. The molecule has 5 nitrogen and oxygen atoms in total. The molecule has 0 aliphatic carbocycles. The van der Waals surface area contributed by atoms with Crippen molar-refractivity contribution in [3.05, 3.63) is 0 Å². The van der Waals surface area contributed by atoms with Crippen molar-refractivity contribution in [3.63, 3.8) is 0 Å². The molecule has 1 unspecified atom stereocenters. The zero-order valence-corrected chi connectivity index (χ0v) is 8.15. The zero-order chi connectivity index (χ0) is 10.4. The number of ether oxygens (including phenoxy) is 3. The maximum Gasteiger partial charge on any atom is 0.508 e. The average Bonchev–Trinajstić information content (AvgIpc) is 2.58. The summed E-state index contributed by atoms with van der Waals surface area (Å²) >= 11 is 0. The van der Waals surface area contributed by atoms with Gasteiger partial charge in [0.2, 0.25) is 0 Å². The second-order valence-corrected chi connectivity index (χ2v) is 3.12. The summed E-state index contributed by atoms with van der Waals surface area (Å²) in [6.07, 6.45) is 2.00. The molecule has 0 radical (unpaired) electrons. The van der Waals surface area contributed by atoms with Crippen LogP contribution >= 0.6 is 0 Å². The van der Waals surface area contributed by atoms with Gasteiger partial charge in [-0.15, -0.1) is 0 Å². The molecule has 1 rings (SSSR count). The molecule has 1 saturated heterocycles. The molecule has 0 spiro atoms. The second kappa shape index (κ2) is 5.47. The number of rotatable bonds is 5. The third-order valence-corrected chi connectivity index (χ3v) is 2.03. The third kappa shape index (κ3) is 3.64. The first kappa shape index (κ1) is 10.8. The van der Waals surface area contributed by atoms with E-state index >= 15 is 0 Å². The van der Waals surface area contributed by atoms with Crippen molar-refractivity contribution in [1.82, 2.24) is 0 Å². The van der Waals surface area contributed by atoms with Crippen LogP contribution < -0.4 is 0 Å². The van der Waals surface area contributed by atoms with E-state index in [-0.39, 0.29) is 12.1 Å². The maximum absolute atomic E-state index is 10.7. The Morgan fingerprint density at radius 2 is 2.36 bits per heavy atom. The van der Waals surface area contributed by atoms with E-state index in [1.54, 1.807) is 0 Å². The predicted octanol–water partition coefficient (Wildman–Crippen LogP) is 1.26. The molecule has 1 aliphatic heterocycles. The lowest BCUT2D eigenvalue weighted by molar-refractivity contribution is -0.140. The Balaban J connectivity index is 1.99. The lowest BCUT2D eigenvalue weighted by Gasteiger charge is -2.04. The van der Waals surface area contributed by atoms with Gasteiger partial charge in [0.1, 0.15) is 12.7 Å². The minimum Gasteiger partial charge on any atom is -0.469 e. The molecule has 0 aromatic carbocycles. The fourth-order valence-corrected chi connectivity index (χ4v) is 1.25. The highest BCUT2D eigenvalue weighted by Crippen LogP contribution is 2.13. The van der Waals surface area contributed by atoms with Crippen LogP contribution in [0.15, 0.2) is 0 Å². The van der Waals surface area contributed by atoms with Crippen molar-refractivity contribution in [3.8, 4) is 0 Å². The number of carbonyl (C=O) groups is 2. The van der Waals surface area contributed by atoms with Gasteiger partial charge in [0.25, 0.3) is 0 Å². The van der Waals surface area contributed by atoms with Crippen LogP contribution in [0.5, 0.6) is 0 Å². The molecule has 0 amide bonds. The molecule has 0 N–H and O–H groups in total. The van der Waals surface area contributed by atoms with Gasteiger partial charge in [0, 0.05) is 6.42 Å². The molecule has 1 fully saturated rings. The van der Waals surface area contributed by atoms with Crippen molar-refractivity contribution in [2.75, 3.05) is 13.7 Å². The van der Waals surface area contributed by atoms with Gasteiger partial charge in [0.15, 0.2) is 0 Å². The summed E-state index contributed by atoms with van der Waals surface area (Å²) in [4.78, 5) is 21.2. The highest BCUT2D eigenvalue weighted by atomic mass is 16.8. The fourth-order valence-electron chi connectivity index (χ4n) is 1.25. The molecule has 1 heterocycles. The Morgan fingerprint density at radius 3 is 2.93 bits per heavy atom. The smallest absolute Gasteiger partial charge is 0.469 e. The van der Waals surface area contributed by atoms with E-state index in [1.807, 2.05) is 0 Å². The second-order valence-electron chi connectivity index (χ2n) is 3.12. The van der Waals surface area contributed by atoms with Crippen LogP contribution in [-0.2, 0) is 19.0 Å². The SMILES string of the molecule is COC(=O)CCCCC1COC(=O)O1. The Morgan fingerprint density at radius 1 is 1.57 bits per heavy atom. The third-order valence-electron chi connectivity index (χ3n) is 2.03. The molecule has 80 valence electrons. The van der Waals surface area contributed by atoms with E-state index in [2.05, 4.69) is 9.47 Å². The molecule has 0 aromatic heterocycles. The summed E-state index contributed by atoms with van der Waals surface area (Å²) in [6.45, 7) is 0.330. The highest BCUT2D eigenvalue weighted by molar-refractivity contribution is 5.68. The molecule has 0 aromatic rings. The van der Waals surface area contributed by atoms with Crippen molar-refractivity contribution in [2.24, 2.45) is 0 Å². The zero-order valence-electron chi connectivity index (χ0n) is 8.15. The van der Waals surface area contributed by atoms with Gasteiger partial charge in [-0.05, 0) is 19.3 Å². The monoisotopic (exact) mass is 202 g/mol. The topological polar surface area (TPSA) is 61.8 Å². The van der Waals surface area contributed by atoms with Gasteiger partial charge in [0.05, 0.1) is 7.11 Å². The molecular weight excluding hydrogens is 188 g/mol. The van der Waals surface area contributed by atoms with E-state index < -0.39 is 6.16 Å².